The number of nitrogens with one attached hydrogen (secondary N) is 1. The largest absolute Gasteiger partial charge is 0.495 e. The number of anilines is 2. The number of piperazine rings is 1. The van der Waals surface area contributed by atoms with Gasteiger partial charge in [0.25, 0.3) is 0 Å². The van der Waals surface area contributed by atoms with E-state index in [1.165, 1.54) is 0 Å². The molecule has 9 heteroatoms. The van der Waals surface area contributed by atoms with Gasteiger partial charge in [0.15, 0.2) is 5.82 Å². The number of carbonyl (C=O) groups excluding carboxylic acids is 1. The third-order valence-corrected chi connectivity index (χ3v) is 4.52. The number of ether oxygens (including phenoxy) is 2. The van der Waals surface area contributed by atoms with E-state index in [2.05, 4.69) is 15.4 Å². The van der Waals surface area contributed by atoms with Gasteiger partial charge in [-0.25, -0.2) is 4.79 Å². The van der Waals surface area contributed by atoms with Crippen LogP contribution in [0.1, 0.15) is 5.76 Å². The van der Waals surface area contributed by atoms with Crippen LogP contribution in [0, 0.1) is 6.92 Å². The summed E-state index contributed by atoms with van der Waals surface area (Å²) in [6, 6.07) is 5.08. The number of amides is 2. The van der Waals surface area contributed by atoms with Gasteiger partial charge < -0.3 is 23.8 Å². The van der Waals surface area contributed by atoms with E-state index in [0.717, 1.165) is 5.69 Å². The summed E-state index contributed by atoms with van der Waals surface area (Å²) in [5.74, 6) is 2.32. The van der Waals surface area contributed by atoms with E-state index in [-0.39, 0.29) is 6.03 Å². The number of aromatic nitrogens is 1. The summed E-state index contributed by atoms with van der Waals surface area (Å²) in [4.78, 5) is 16.2. The lowest BCUT2D eigenvalue weighted by Crippen LogP contribution is -2.50. The second kappa shape index (κ2) is 7.74. The van der Waals surface area contributed by atoms with Gasteiger partial charge in [-0.1, -0.05) is 16.8 Å². The first-order chi connectivity index (χ1) is 12.5. The molecule has 2 aromatic rings. The number of hydrogen-bond acceptors (Lipinski definition) is 6. The Morgan fingerprint density at radius 3 is 2.42 bits per heavy atom. The lowest BCUT2D eigenvalue weighted by atomic mass is 10.2. The highest BCUT2D eigenvalue weighted by Crippen LogP contribution is 2.38. The van der Waals surface area contributed by atoms with Gasteiger partial charge in [-0.2, -0.15) is 0 Å². The van der Waals surface area contributed by atoms with E-state index >= 15 is 0 Å². The summed E-state index contributed by atoms with van der Waals surface area (Å²) in [6.07, 6.45) is 0. The van der Waals surface area contributed by atoms with Crippen LogP contribution in [0.4, 0.5) is 16.3 Å². The highest BCUT2D eigenvalue weighted by atomic mass is 35.5. The molecule has 1 aliphatic rings. The molecule has 140 valence electrons. The van der Waals surface area contributed by atoms with Crippen LogP contribution in [0.2, 0.25) is 5.02 Å². The minimum absolute atomic E-state index is 0.196. The van der Waals surface area contributed by atoms with E-state index in [1.807, 2.05) is 6.07 Å². The molecular formula is C17H21ClN4O4. The number of hydrogen-bond donors (Lipinski definition) is 1. The zero-order valence-corrected chi connectivity index (χ0v) is 15.7. The fraction of sp³-hybridized carbons (Fsp3) is 0.412. The van der Waals surface area contributed by atoms with Crippen molar-refractivity contribution < 1.29 is 18.8 Å². The molecule has 26 heavy (non-hydrogen) atoms. The monoisotopic (exact) mass is 380 g/mol. The maximum absolute atomic E-state index is 12.3. The standard InChI is InChI=1S/C17H21ClN4O4/c1-11-8-16(20-26-11)19-17(23)22-6-4-21(5-7-22)13-10-14(24-2)12(18)9-15(13)25-3/h8-10H,4-7H2,1-3H3,(H,19,20,23). The van der Waals surface area contributed by atoms with Gasteiger partial charge in [0.05, 0.1) is 24.9 Å². The first kappa shape index (κ1) is 18.2. The van der Waals surface area contributed by atoms with Crippen molar-refractivity contribution in [2.24, 2.45) is 0 Å². The van der Waals surface area contributed by atoms with E-state index < -0.39 is 0 Å². The predicted molar refractivity (Wildman–Crippen MR) is 98.6 cm³/mol. The smallest absolute Gasteiger partial charge is 0.323 e. The molecule has 3 rings (SSSR count). The number of rotatable bonds is 4. The van der Waals surface area contributed by atoms with Crippen molar-refractivity contribution in [3.63, 3.8) is 0 Å². The Hall–Kier alpha value is -2.61. The minimum Gasteiger partial charge on any atom is -0.495 e. The molecule has 0 bridgehead atoms. The van der Waals surface area contributed by atoms with Gasteiger partial charge in [-0.15, -0.1) is 0 Å². The maximum atomic E-state index is 12.3. The number of benzene rings is 1. The first-order valence-electron chi connectivity index (χ1n) is 8.17. The molecule has 2 heterocycles. The molecule has 0 unspecified atom stereocenters. The second-order valence-corrected chi connectivity index (χ2v) is 6.29. The summed E-state index contributed by atoms with van der Waals surface area (Å²) in [5.41, 5.74) is 0.890. The van der Waals surface area contributed by atoms with Crippen LogP contribution in [0.25, 0.3) is 0 Å². The van der Waals surface area contributed by atoms with Crippen LogP contribution in [0.5, 0.6) is 11.5 Å². The van der Waals surface area contributed by atoms with Crippen LogP contribution in [-0.4, -0.2) is 56.5 Å². The van der Waals surface area contributed by atoms with Gasteiger partial charge in [-0.05, 0) is 6.92 Å². The highest BCUT2D eigenvalue weighted by molar-refractivity contribution is 6.32. The van der Waals surface area contributed by atoms with Crippen LogP contribution < -0.4 is 19.7 Å². The van der Waals surface area contributed by atoms with Gasteiger partial charge in [0, 0.05) is 44.4 Å². The SMILES string of the molecule is COc1cc(N2CCN(C(=O)Nc3cc(C)on3)CC2)c(OC)cc1Cl. The Labute approximate surface area is 156 Å². The molecular weight excluding hydrogens is 360 g/mol. The minimum atomic E-state index is -0.196. The van der Waals surface area contributed by atoms with Crippen LogP contribution in [0.3, 0.4) is 0 Å². The normalized spacial score (nSPS) is 14.3. The summed E-state index contributed by atoms with van der Waals surface area (Å²) in [6.45, 7) is 4.22. The van der Waals surface area contributed by atoms with Gasteiger partial charge in [0.2, 0.25) is 0 Å². The molecule has 0 aliphatic carbocycles. The van der Waals surface area contributed by atoms with Gasteiger partial charge in [-0.3, -0.25) is 5.32 Å². The van der Waals surface area contributed by atoms with Crippen molar-refractivity contribution in [2.75, 3.05) is 50.6 Å². The molecule has 1 aromatic carbocycles. The van der Waals surface area contributed by atoms with Crippen molar-refractivity contribution >= 4 is 29.1 Å². The zero-order chi connectivity index (χ0) is 18.7. The Morgan fingerprint density at radius 2 is 1.85 bits per heavy atom. The van der Waals surface area contributed by atoms with Crippen molar-refractivity contribution in [2.45, 2.75) is 6.92 Å². The molecule has 1 N–H and O–H groups in total. The van der Waals surface area contributed by atoms with Gasteiger partial charge in [0.1, 0.15) is 17.3 Å². The lowest BCUT2D eigenvalue weighted by molar-refractivity contribution is 0.208. The van der Waals surface area contributed by atoms with E-state index in [9.17, 15) is 4.79 Å². The third-order valence-electron chi connectivity index (χ3n) is 4.22. The van der Waals surface area contributed by atoms with Crippen LogP contribution >= 0.6 is 11.6 Å². The van der Waals surface area contributed by atoms with Crippen molar-refractivity contribution in [3.8, 4) is 11.5 Å². The average Bonchev–Trinajstić information content (AvgIpc) is 3.06. The lowest BCUT2D eigenvalue weighted by Gasteiger charge is -2.36. The number of methoxy groups -OCH3 is 2. The third kappa shape index (κ3) is 3.80. The van der Waals surface area contributed by atoms with Crippen LogP contribution in [-0.2, 0) is 0 Å². The fourth-order valence-electron chi connectivity index (χ4n) is 2.86. The van der Waals surface area contributed by atoms with E-state index in [1.54, 1.807) is 38.2 Å². The summed E-state index contributed by atoms with van der Waals surface area (Å²) >= 11 is 6.16. The Balaban J connectivity index is 1.65. The number of halogens is 1. The number of aryl methyl sites for hydroxylation is 1. The van der Waals surface area contributed by atoms with Crippen molar-refractivity contribution in [3.05, 3.63) is 29.0 Å². The van der Waals surface area contributed by atoms with E-state index in [4.69, 9.17) is 25.6 Å². The molecule has 8 nitrogen and oxygen atoms in total. The molecule has 0 spiro atoms. The zero-order valence-electron chi connectivity index (χ0n) is 14.9. The highest BCUT2D eigenvalue weighted by Gasteiger charge is 2.24. The summed E-state index contributed by atoms with van der Waals surface area (Å²) in [5, 5.41) is 7.01. The molecule has 1 aliphatic heterocycles. The van der Waals surface area contributed by atoms with Crippen molar-refractivity contribution in [1.29, 1.82) is 0 Å². The molecule has 1 aromatic heterocycles. The Bertz CT molecular complexity index is 787. The number of urea groups is 1. The molecule has 2 amide bonds. The second-order valence-electron chi connectivity index (χ2n) is 5.89. The molecule has 0 atom stereocenters. The van der Waals surface area contributed by atoms with Gasteiger partial charge >= 0.3 is 6.03 Å². The molecule has 1 fully saturated rings. The number of carbonyl (C=O) groups is 1. The van der Waals surface area contributed by atoms with E-state index in [0.29, 0.717) is 54.3 Å². The Morgan fingerprint density at radius 1 is 1.15 bits per heavy atom. The van der Waals surface area contributed by atoms with Crippen molar-refractivity contribution in [1.82, 2.24) is 10.1 Å². The summed E-state index contributed by atoms with van der Waals surface area (Å²) < 4.78 is 15.7. The fourth-order valence-corrected chi connectivity index (χ4v) is 3.09. The maximum Gasteiger partial charge on any atom is 0.323 e. The first-order valence-corrected chi connectivity index (χ1v) is 8.55. The average molecular weight is 381 g/mol. The summed E-state index contributed by atoms with van der Waals surface area (Å²) in [7, 11) is 3.18. The molecule has 0 saturated carbocycles. The topological polar surface area (TPSA) is 80.1 Å². The molecule has 0 radical (unpaired) electrons. The quantitative estimate of drug-likeness (QED) is 0.878. The number of nitrogens with zero attached hydrogens (tertiary/aromatic N) is 3. The van der Waals surface area contributed by atoms with Crippen LogP contribution in [0.15, 0.2) is 22.7 Å². The Kier molecular flexibility index (Phi) is 5.41. The predicted octanol–water partition coefficient (Wildman–Crippen LogP) is 3.01. The molecule has 1 saturated heterocycles.